The van der Waals surface area contributed by atoms with Gasteiger partial charge in [0.1, 0.15) is 0 Å². The van der Waals surface area contributed by atoms with Crippen molar-refractivity contribution < 1.29 is 4.79 Å². The standard InChI is InChI=1S/C19H17NOS/c1-14-9-11-16(12-10-14)19(21)20-18(17-8-5-13-22-17)15-6-3-2-4-7-15/h2-13,18H,1H3,(H,20,21)/t18-/m1/s1. The molecule has 0 bridgehead atoms. The highest BCUT2D eigenvalue weighted by Crippen LogP contribution is 2.26. The molecule has 0 aliphatic rings. The van der Waals surface area contributed by atoms with Gasteiger partial charge in [0.15, 0.2) is 0 Å². The molecule has 0 radical (unpaired) electrons. The number of carbonyl (C=O) groups is 1. The van der Waals surface area contributed by atoms with E-state index in [2.05, 4.69) is 11.4 Å². The van der Waals surface area contributed by atoms with Gasteiger partial charge in [-0.15, -0.1) is 11.3 Å². The van der Waals surface area contributed by atoms with Gasteiger partial charge in [-0.2, -0.15) is 0 Å². The first-order chi connectivity index (χ1) is 10.7. The van der Waals surface area contributed by atoms with Crippen molar-refractivity contribution in [2.75, 3.05) is 0 Å². The molecule has 0 aliphatic carbocycles. The summed E-state index contributed by atoms with van der Waals surface area (Å²) in [7, 11) is 0. The van der Waals surface area contributed by atoms with Crippen molar-refractivity contribution in [1.82, 2.24) is 5.32 Å². The lowest BCUT2D eigenvalue weighted by Gasteiger charge is -2.18. The number of thiophene rings is 1. The number of benzene rings is 2. The van der Waals surface area contributed by atoms with Crippen LogP contribution in [0.3, 0.4) is 0 Å². The maximum atomic E-state index is 12.5. The molecule has 110 valence electrons. The Labute approximate surface area is 134 Å². The summed E-state index contributed by atoms with van der Waals surface area (Å²) < 4.78 is 0. The summed E-state index contributed by atoms with van der Waals surface area (Å²) in [4.78, 5) is 13.7. The lowest BCUT2D eigenvalue weighted by Crippen LogP contribution is -2.28. The summed E-state index contributed by atoms with van der Waals surface area (Å²) in [6, 6.07) is 21.6. The zero-order chi connectivity index (χ0) is 15.4. The van der Waals surface area contributed by atoms with E-state index in [1.54, 1.807) is 11.3 Å². The second kappa shape index (κ2) is 6.58. The van der Waals surface area contributed by atoms with Gasteiger partial charge in [0.05, 0.1) is 6.04 Å². The largest absolute Gasteiger partial charge is 0.340 e. The molecule has 1 atom stereocenters. The third kappa shape index (κ3) is 3.26. The number of hydrogen-bond donors (Lipinski definition) is 1. The highest BCUT2D eigenvalue weighted by molar-refractivity contribution is 7.10. The molecule has 1 heterocycles. The Balaban J connectivity index is 1.87. The van der Waals surface area contributed by atoms with E-state index in [1.807, 2.05) is 73.0 Å². The predicted octanol–water partition coefficient (Wildman–Crippen LogP) is 4.58. The highest BCUT2D eigenvalue weighted by atomic mass is 32.1. The van der Waals surface area contributed by atoms with Gasteiger partial charge in [-0.3, -0.25) is 4.79 Å². The number of carbonyl (C=O) groups excluding carboxylic acids is 1. The van der Waals surface area contributed by atoms with Crippen LogP contribution in [0.25, 0.3) is 0 Å². The van der Waals surface area contributed by atoms with E-state index in [0.717, 1.165) is 16.0 Å². The molecule has 3 rings (SSSR count). The third-order valence-corrected chi connectivity index (χ3v) is 4.49. The number of nitrogens with one attached hydrogen (secondary N) is 1. The summed E-state index contributed by atoms with van der Waals surface area (Å²) in [5, 5.41) is 5.17. The first-order valence-corrected chi connectivity index (χ1v) is 8.08. The summed E-state index contributed by atoms with van der Waals surface area (Å²) in [6.07, 6.45) is 0. The van der Waals surface area contributed by atoms with Gasteiger partial charge in [0, 0.05) is 10.4 Å². The van der Waals surface area contributed by atoms with Gasteiger partial charge in [0.2, 0.25) is 0 Å². The lowest BCUT2D eigenvalue weighted by molar-refractivity contribution is 0.0943. The third-order valence-electron chi connectivity index (χ3n) is 3.55. The predicted molar refractivity (Wildman–Crippen MR) is 91.2 cm³/mol. The van der Waals surface area contributed by atoms with Crippen LogP contribution in [-0.4, -0.2) is 5.91 Å². The van der Waals surface area contributed by atoms with Crippen molar-refractivity contribution in [2.24, 2.45) is 0 Å². The number of amides is 1. The van der Waals surface area contributed by atoms with Gasteiger partial charge in [-0.25, -0.2) is 0 Å². The lowest BCUT2D eigenvalue weighted by atomic mass is 10.0. The molecular formula is C19H17NOS. The summed E-state index contributed by atoms with van der Waals surface area (Å²) in [6.45, 7) is 2.01. The van der Waals surface area contributed by atoms with E-state index in [4.69, 9.17) is 0 Å². The Kier molecular flexibility index (Phi) is 4.35. The SMILES string of the molecule is Cc1ccc(C(=O)N[C@H](c2ccccc2)c2cccs2)cc1. The quantitative estimate of drug-likeness (QED) is 0.751. The molecule has 3 aromatic rings. The fraction of sp³-hybridized carbons (Fsp3) is 0.105. The van der Waals surface area contributed by atoms with Crippen LogP contribution in [0.4, 0.5) is 0 Å². The number of hydrogen-bond acceptors (Lipinski definition) is 2. The summed E-state index contributed by atoms with van der Waals surface area (Å²) in [5.74, 6) is -0.0535. The van der Waals surface area contributed by atoms with E-state index in [0.29, 0.717) is 5.56 Å². The van der Waals surface area contributed by atoms with Crippen molar-refractivity contribution in [3.63, 3.8) is 0 Å². The zero-order valence-electron chi connectivity index (χ0n) is 12.3. The van der Waals surface area contributed by atoms with Crippen molar-refractivity contribution in [2.45, 2.75) is 13.0 Å². The molecule has 22 heavy (non-hydrogen) atoms. The fourth-order valence-electron chi connectivity index (χ4n) is 2.34. The molecule has 2 aromatic carbocycles. The van der Waals surface area contributed by atoms with Crippen LogP contribution in [0, 0.1) is 6.92 Å². The maximum absolute atomic E-state index is 12.5. The second-order valence-electron chi connectivity index (χ2n) is 5.20. The van der Waals surface area contributed by atoms with Crippen LogP contribution in [0.2, 0.25) is 0 Å². The Morgan fingerprint density at radius 3 is 2.32 bits per heavy atom. The number of aryl methyl sites for hydroxylation is 1. The van der Waals surface area contributed by atoms with Gasteiger partial charge >= 0.3 is 0 Å². The molecule has 1 N–H and O–H groups in total. The van der Waals surface area contributed by atoms with Crippen LogP contribution in [-0.2, 0) is 0 Å². The maximum Gasteiger partial charge on any atom is 0.252 e. The first-order valence-electron chi connectivity index (χ1n) is 7.20. The molecule has 0 aliphatic heterocycles. The minimum Gasteiger partial charge on any atom is -0.340 e. The molecule has 1 amide bonds. The van der Waals surface area contributed by atoms with E-state index < -0.39 is 0 Å². The zero-order valence-corrected chi connectivity index (χ0v) is 13.1. The summed E-state index contributed by atoms with van der Waals surface area (Å²) in [5.41, 5.74) is 2.92. The van der Waals surface area contributed by atoms with Crippen LogP contribution < -0.4 is 5.32 Å². The van der Waals surface area contributed by atoms with E-state index in [-0.39, 0.29) is 11.9 Å². The average Bonchev–Trinajstić information content (AvgIpc) is 3.08. The monoisotopic (exact) mass is 307 g/mol. The highest BCUT2D eigenvalue weighted by Gasteiger charge is 2.18. The minimum absolute atomic E-state index is 0.0535. The van der Waals surface area contributed by atoms with Gasteiger partial charge in [0.25, 0.3) is 5.91 Å². The van der Waals surface area contributed by atoms with Crippen LogP contribution in [0.1, 0.15) is 32.4 Å². The molecule has 1 aromatic heterocycles. The molecule has 0 saturated carbocycles. The van der Waals surface area contributed by atoms with Crippen LogP contribution in [0.5, 0.6) is 0 Å². The normalized spacial score (nSPS) is 11.9. The molecule has 0 fully saturated rings. The molecule has 0 unspecified atom stereocenters. The molecule has 0 saturated heterocycles. The van der Waals surface area contributed by atoms with E-state index in [1.165, 1.54) is 0 Å². The fourth-order valence-corrected chi connectivity index (χ4v) is 3.14. The second-order valence-corrected chi connectivity index (χ2v) is 6.18. The minimum atomic E-state index is -0.116. The van der Waals surface area contributed by atoms with Crippen molar-refractivity contribution >= 4 is 17.2 Å². The van der Waals surface area contributed by atoms with Crippen LogP contribution >= 0.6 is 11.3 Å². The van der Waals surface area contributed by atoms with E-state index >= 15 is 0 Å². The van der Waals surface area contributed by atoms with Crippen molar-refractivity contribution in [1.29, 1.82) is 0 Å². The van der Waals surface area contributed by atoms with Crippen LogP contribution in [0.15, 0.2) is 72.1 Å². The Bertz CT molecular complexity index is 733. The van der Waals surface area contributed by atoms with Crippen molar-refractivity contribution in [3.05, 3.63) is 93.7 Å². The number of rotatable bonds is 4. The molecule has 2 nitrogen and oxygen atoms in total. The summed E-state index contributed by atoms with van der Waals surface area (Å²) >= 11 is 1.65. The average molecular weight is 307 g/mol. The molecular weight excluding hydrogens is 290 g/mol. The smallest absolute Gasteiger partial charge is 0.252 e. The molecule has 3 heteroatoms. The van der Waals surface area contributed by atoms with Gasteiger partial charge in [-0.1, -0.05) is 54.1 Å². The van der Waals surface area contributed by atoms with Crippen molar-refractivity contribution in [3.8, 4) is 0 Å². The Morgan fingerprint density at radius 2 is 1.68 bits per heavy atom. The van der Waals surface area contributed by atoms with Gasteiger partial charge in [-0.05, 0) is 36.1 Å². The Morgan fingerprint density at radius 1 is 0.955 bits per heavy atom. The van der Waals surface area contributed by atoms with E-state index in [9.17, 15) is 4.79 Å². The Hall–Kier alpha value is -2.39. The molecule has 0 spiro atoms. The topological polar surface area (TPSA) is 29.1 Å². The van der Waals surface area contributed by atoms with Gasteiger partial charge < -0.3 is 5.32 Å². The first kappa shape index (κ1) is 14.5.